The monoisotopic (exact) mass is 300 g/mol. The Bertz CT molecular complexity index is 658. The SMILES string of the molecule is N#Cc1cnc(N2CCN(c3ncccc3Cl)CC2)cn1. The third kappa shape index (κ3) is 2.88. The van der Waals surface area contributed by atoms with Crippen LogP contribution in [0.2, 0.25) is 5.02 Å². The fourth-order valence-electron chi connectivity index (χ4n) is 2.30. The summed E-state index contributed by atoms with van der Waals surface area (Å²) in [5.74, 6) is 1.62. The van der Waals surface area contributed by atoms with E-state index in [2.05, 4.69) is 24.8 Å². The smallest absolute Gasteiger partial charge is 0.158 e. The number of nitrogens with zero attached hydrogens (tertiary/aromatic N) is 6. The van der Waals surface area contributed by atoms with Gasteiger partial charge in [0.1, 0.15) is 17.7 Å². The summed E-state index contributed by atoms with van der Waals surface area (Å²) in [6.45, 7) is 3.26. The molecule has 0 spiro atoms. The largest absolute Gasteiger partial charge is 0.352 e. The molecule has 1 saturated heterocycles. The second-order valence-corrected chi connectivity index (χ2v) is 5.06. The van der Waals surface area contributed by atoms with Crippen LogP contribution < -0.4 is 9.80 Å². The number of piperazine rings is 1. The van der Waals surface area contributed by atoms with Gasteiger partial charge in [0.15, 0.2) is 5.69 Å². The van der Waals surface area contributed by atoms with Crippen molar-refractivity contribution in [1.82, 2.24) is 15.0 Å². The van der Waals surface area contributed by atoms with Crippen LogP contribution >= 0.6 is 11.6 Å². The first-order valence-electron chi connectivity index (χ1n) is 6.60. The fraction of sp³-hybridized carbons (Fsp3) is 0.286. The lowest BCUT2D eigenvalue weighted by molar-refractivity contribution is 0.640. The van der Waals surface area contributed by atoms with E-state index >= 15 is 0 Å². The van der Waals surface area contributed by atoms with Gasteiger partial charge in [-0.25, -0.2) is 15.0 Å². The maximum atomic E-state index is 8.73. The standard InChI is InChI=1S/C14H13ClN6/c15-12-2-1-3-17-14(12)21-6-4-20(5-7-21)13-10-18-11(8-16)9-19-13/h1-3,9-10H,4-7H2. The Morgan fingerprint density at radius 3 is 2.43 bits per heavy atom. The quantitative estimate of drug-likeness (QED) is 0.841. The zero-order valence-electron chi connectivity index (χ0n) is 11.3. The van der Waals surface area contributed by atoms with Crippen LogP contribution in [0.5, 0.6) is 0 Å². The van der Waals surface area contributed by atoms with E-state index in [4.69, 9.17) is 16.9 Å². The lowest BCUT2D eigenvalue weighted by atomic mass is 10.3. The zero-order chi connectivity index (χ0) is 14.7. The maximum Gasteiger partial charge on any atom is 0.158 e. The van der Waals surface area contributed by atoms with Crippen LogP contribution in [0.15, 0.2) is 30.7 Å². The van der Waals surface area contributed by atoms with Gasteiger partial charge in [0, 0.05) is 32.4 Å². The average molecular weight is 301 g/mol. The first kappa shape index (κ1) is 13.6. The highest BCUT2D eigenvalue weighted by Gasteiger charge is 2.20. The van der Waals surface area contributed by atoms with Crippen molar-refractivity contribution in [1.29, 1.82) is 5.26 Å². The lowest BCUT2D eigenvalue weighted by Gasteiger charge is -2.36. The number of hydrogen-bond acceptors (Lipinski definition) is 6. The van der Waals surface area contributed by atoms with Gasteiger partial charge in [-0.15, -0.1) is 0 Å². The average Bonchev–Trinajstić information content (AvgIpc) is 2.56. The summed E-state index contributed by atoms with van der Waals surface area (Å²) in [5.41, 5.74) is 0.331. The highest BCUT2D eigenvalue weighted by Crippen LogP contribution is 2.24. The molecular formula is C14H13ClN6. The summed E-state index contributed by atoms with van der Waals surface area (Å²) in [6, 6.07) is 5.65. The summed E-state index contributed by atoms with van der Waals surface area (Å²) in [7, 11) is 0. The topological polar surface area (TPSA) is 68.9 Å². The van der Waals surface area contributed by atoms with Crippen molar-refractivity contribution in [2.24, 2.45) is 0 Å². The molecule has 21 heavy (non-hydrogen) atoms. The molecule has 6 nitrogen and oxygen atoms in total. The van der Waals surface area contributed by atoms with E-state index in [1.807, 2.05) is 18.2 Å². The van der Waals surface area contributed by atoms with Crippen molar-refractivity contribution < 1.29 is 0 Å². The highest BCUT2D eigenvalue weighted by atomic mass is 35.5. The second-order valence-electron chi connectivity index (χ2n) is 4.65. The van der Waals surface area contributed by atoms with Crippen molar-refractivity contribution in [3.8, 4) is 6.07 Å². The summed E-state index contributed by atoms with van der Waals surface area (Å²) in [5, 5.41) is 9.40. The molecule has 0 aliphatic carbocycles. The molecule has 0 saturated carbocycles. The van der Waals surface area contributed by atoms with E-state index in [1.165, 1.54) is 6.20 Å². The summed E-state index contributed by atoms with van der Waals surface area (Å²) in [6.07, 6.45) is 4.89. The Balaban J connectivity index is 1.67. The Morgan fingerprint density at radius 1 is 1.05 bits per heavy atom. The molecule has 0 unspecified atom stereocenters. The predicted octanol–water partition coefficient (Wildman–Crippen LogP) is 1.72. The Hall–Kier alpha value is -2.39. The number of hydrogen-bond donors (Lipinski definition) is 0. The van der Waals surface area contributed by atoms with Crippen molar-refractivity contribution in [3.05, 3.63) is 41.4 Å². The van der Waals surface area contributed by atoms with Crippen LogP contribution in [0.25, 0.3) is 0 Å². The van der Waals surface area contributed by atoms with Gasteiger partial charge in [-0.3, -0.25) is 0 Å². The number of rotatable bonds is 2. The summed E-state index contributed by atoms with van der Waals surface area (Å²) < 4.78 is 0. The van der Waals surface area contributed by atoms with Gasteiger partial charge in [0.05, 0.1) is 17.4 Å². The predicted molar refractivity (Wildman–Crippen MR) is 80.4 cm³/mol. The van der Waals surface area contributed by atoms with Crippen LogP contribution in [0.4, 0.5) is 11.6 Å². The molecule has 1 aliphatic rings. The molecule has 0 atom stereocenters. The van der Waals surface area contributed by atoms with E-state index in [0.717, 1.165) is 37.8 Å². The molecule has 1 aliphatic heterocycles. The van der Waals surface area contributed by atoms with Crippen molar-refractivity contribution in [2.75, 3.05) is 36.0 Å². The molecule has 0 N–H and O–H groups in total. The van der Waals surface area contributed by atoms with Gasteiger partial charge in [-0.2, -0.15) is 5.26 Å². The molecule has 2 aromatic rings. The number of pyridine rings is 1. The zero-order valence-corrected chi connectivity index (χ0v) is 12.0. The molecule has 1 fully saturated rings. The first-order chi connectivity index (χ1) is 10.3. The van der Waals surface area contributed by atoms with Gasteiger partial charge in [-0.1, -0.05) is 11.6 Å². The molecular weight excluding hydrogens is 288 g/mol. The van der Waals surface area contributed by atoms with Crippen molar-refractivity contribution in [2.45, 2.75) is 0 Å². The van der Waals surface area contributed by atoms with Crippen LogP contribution in [0.1, 0.15) is 5.69 Å². The Morgan fingerprint density at radius 2 is 1.81 bits per heavy atom. The number of aromatic nitrogens is 3. The van der Waals surface area contributed by atoms with Crippen molar-refractivity contribution >= 4 is 23.2 Å². The van der Waals surface area contributed by atoms with Crippen LogP contribution in [-0.2, 0) is 0 Å². The molecule has 0 amide bonds. The molecule has 0 bridgehead atoms. The van der Waals surface area contributed by atoms with E-state index in [0.29, 0.717) is 10.7 Å². The van der Waals surface area contributed by atoms with E-state index in [-0.39, 0.29) is 0 Å². The minimum absolute atomic E-state index is 0.331. The lowest BCUT2D eigenvalue weighted by Crippen LogP contribution is -2.47. The normalized spacial score (nSPS) is 14.9. The molecule has 0 radical (unpaired) electrons. The molecule has 2 aromatic heterocycles. The minimum atomic E-state index is 0.331. The van der Waals surface area contributed by atoms with Gasteiger partial charge in [-0.05, 0) is 12.1 Å². The molecule has 0 aromatic carbocycles. The van der Waals surface area contributed by atoms with E-state index in [9.17, 15) is 0 Å². The molecule has 3 rings (SSSR count). The Labute approximate surface area is 127 Å². The van der Waals surface area contributed by atoms with Crippen LogP contribution in [0.3, 0.4) is 0 Å². The van der Waals surface area contributed by atoms with Gasteiger partial charge in [0.25, 0.3) is 0 Å². The maximum absolute atomic E-state index is 8.73. The number of nitriles is 1. The second kappa shape index (κ2) is 5.94. The first-order valence-corrected chi connectivity index (χ1v) is 6.98. The third-order valence-corrected chi connectivity index (χ3v) is 3.69. The Kier molecular flexibility index (Phi) is 3.84. The van der Waals surface area contributed by atoms with Gasteiger partial charge >= 0.3 is 0 Å². The summed E-state index contributed by atoms with van der Waals surface area (Å²) in [4.78, 5) is 17.0. The number of halogens is 1. The van der Waals surface area contributed by atoms with Gasteiger partial charge < -0.3 is 9.80 Å². The summed E-state index contributed by atoms with van der Waals surface area (Å²) >= 11 is 6.17. The number of anilines is 2. The van der Waals surface area contributed by atoms with Gasteiger partial charge in [0.2, 0.25) is 0 Å². The third-order valence-electron chi connectivity index (χ3n) is 3.40. The van der Waals surface area contributed by atoms with Crippen LogP contribution in [-0.4, -0.2) is 41.1 Å². The van der Waals surface area contributed by atoms with Crippen LogP contribution in [0, 0.1) is 11.3 Å². The molecule has 106 valence electrons. The molecule has 3 heterocycles. The minimum Gasteiger partial charge on any atom is -0.352 e. The fourth-order valence-corrected chi connectivity index (χ4v) is 2.54. The highest BCUT2D eigenvalue weighted by molar-refractivity contribution is 6.32. The molecule has 7 heteroatoms. The van der Waals surface area contributed by atoms with Crippen molar-refractivity contribution in [3.63, 3.8) is 0 Å². The van der Waals surface area contributed by atoms with E-state index < -0.39 is 0 Å². The van der Waals surface area contributed by atoms with E-state index in [1.54, 1.807) is 12.4 Å².